The second kappa shape index (κ2) is 7.59. The molecule has 0 spiro atoms. The van der Waals surface area contributed by atoms with E-state index >= 15 is 0 Å². The van der Waals surface area contributed by atoms with Crippen LogP contribution in [0.2, 0.25) is 0 Å². The lowest BCUT2D eigenvalue weighted by molar-refractivity contribution is 0.481. The zero-order valence-electron chi connectivity index (χ0n) is 11.2. The smallest absolute Gasteiger partial charge is 0.154 e. The van der Waals surface area contributed by atoms with Gasteiger partial charge in [0.2, 0.25) is 0 Å². The van der Waals surface area contributed by atoms with Crippen molar-refractivity contribution in [2.75, 3.05) is 12.3 Å². The van der Waals surface area contributed by atoms with Crippen molar-refractivity contribution < 1.29 is 12.8 Å². The van der Waals surface area contributed by atoms with Crippen molar-refractivity contribution in [1.29, 1.82) is 0 Å². The molecule has 0 saturated carbocycles. The molecule has 1 aromatic heterocycles. The molecule has 0 aliphatic carbocycles. The monoisotopic (exact) mass is 273 g/mol. The van der Waals surface area contributed by atoms with Crippen molar-refractivity contribution in [1.82, 2.24) is 5.32 Å². The second-order valence-electron chi connectivity index (χ2n) is 4.59. The van der Waals surface area contributed by atoms with Gasteiger partial charge in [0.25, 0.3) is 0 Å². The van der Waals surface area contributed by atoms with Gasteiger partial charge in [-0.2, -0.15) is 0 Å². The highest BCUT2D eigenvalue weighted by Crippen LogP contribution is 2.06. The number of nitrogens with one attached hydrogen (secondary N) is 1. The zero-order valence-corrected chi connectivity index (χ0v) is 12.0. The van der Waals surface area contributed by atoms with Gasteiger partial charge in [0.15, 0.2) is 9.84 Å². The van der Waals surface area contributed by atoms with Gasteiger partial charge in [-0.15, -0.1) is 0 Å². The Morgan fingerprint density at radius 3 is 2.78 bits per heavy atom. The standard InChI is InChI=1S/C13H23NO3S/c1-3-4-5-9-18(15,16)12(2)10-14-11-13-7-6-8-17-13/h6-8,12,14H,3-5,9-11H2,1-2H3. The summed E-state index contributed by atoms with van der Waals surface area (Å²) in [5.74, 6) is 1.12. The van der Waals surface area contributed by atoms with Crippen LogP contribution in [0.3, 0.4) is 0 Å². The molecule has 1 rings (SSSR count). The average Bonchev–Trinajstić information content (AvgIpc) is 2.82. The summed E-state index contributed by atoms with van der Waals surface area (Å²) < 4.78 is 29.0. The third-order valence-electron chi connectivity index (χ3n) is 2.96. The summed E-state index contributed by atoms with van der Waals surface area (Å²) in [7, 11) is -2.97. The van der Waals surface area contributed by atoms with E-state index in [0.717, 1.165) is 25.0 Å². The van der Waals surface area contributed by atoms with Gasteiger partial charge in [0, 0.05) is 6.54 Å². The Kier molecular flexibility index (Phi) is 6.43. The maximum atomic E-state index is 11.9. The number of rotatable bonds is 9. The van der Waals surface area contributed by atoms with Crippen LogP contribution < -0.4 is 5.32 Å². The summed E-state index contributed by atoms with van der Waals surface area (Å²) in [6.07, 6.45) is 4.40. The van der Waals surface area contributed by atoms with Crippen molar-refractivity contribution in [3.05, 3.63) is 24.2 Å². The Labute approximate surface area is 110 Å². The van der Waals surface area contributed by atoms with Gasteiger partial charge in [-0.3, -0.25) is 0 Å². The van der Waals surface area contributed by atoms with Crippen molar-refractivity contribution in [3.63, 3.8) is 0 Å². The van der Waals surface area contributed by atoms with Crippen molar-refractivity contribution in [2.45, 2.75) is 44.9 Å². The molecule has 0 aromatic carbocycles. The minimum atomic E-state index is -2.97. The first-order chi connectivity index (χ1) is 8.56. The van der Waals surface area contributed by atoms with Crippen molar-refractivity contribution >= 4 is 9.84 Å². The highest BCUT2D eigenvalue weighted by atomic mass is 32.2. The van der Waals surface area contributed by atoms with Gasteiger partial charge < -0.3 is 9.73 Å². The first-order valence-corrected chi connectivity index (χ1v) is 8.22. The summed E-state index contributed by atoms with van der Waals surface area (Å²) in [5, 5.41) is 2.77. The molecule has 1 aromatic rings. The summed E-state index contributed by atoms with van der Waals surface area (Å²) in [6.45, 7) is 4.87. The van der Waals surface area contributed by atoms with Gasteiger partial charge in [-0.1, -0.05) is 19.8 Å². The summed E-state index contributed by atoms with van der Waals surface area (Å²) in [5.41, 5.74) is 0. The molecule has 0 aliphatic rings. The first kappa shape index (κ1) is 15.2. The molecule has 0 amide bonds. The fourth-order valence-electron chi connectivity index (χ4n) is 1.69. The lowest BCUT2D eigenvalue weighted by Gasteiger charge is -2.13. The Hall–Kier alpha value is -0.810. The zero-order chi connectivity index (χ0) is 13.4. The molecule has 0 radical (unpaired) electrons. The van der Waals surface area contributed by atoms with Gasteiger partial charge in [0.05, 0.1) is 23.8 Å². The molecule has 18 heavy (non-hydrogen) atoms. The fourth-order valence-corrected chi connectivity index (χ4v) is 3.07. The van der Waals surface area contributed by atoms with Gasteiger partial charge in [-0.05, 0) is 25.5 Å². The average molecular weight is 273 g/mol. The maximum absolute atomic E-state index is 11.9. The van der Waals surface area contributed by atoms with Crippen LogP contribution in [0, 0.1) is 0 Å². The lowest BCUT2D eigenvalue weighted by atomic mass is 10.3. The predicted octanol–water partition coefficient (Wildman–Crippen LogP) is 2.36. The second-order valence-corrected chi connectivity index (χ2v) is 7.13. The quantitative estimate of drug-likeness (QED) is 0.702. The van der Waals surface area contributed by atoms with Crippen LogP contribution in [0.5, 0.6) is 0 Å². The molecular formula is C13H23NO3S. The van der Waals surface area contributed by atoms with Crippen LogP contribution in [-0.2, 0) is 16.4 Å². The van der Waals surface area contributed by atoms with Crippen LogP contribution in [0.25, 0.3) is 0 Å². The van der Waals surface area contributed by atoms with Gasteiger partial charge in [0.1, 0.15) is 5.76 Å². The van der Waals surface area contributed by atoms with E-state index in [4.69, 9.17) is 4.42 Å². The van der Waals surface area contributed by atoms with Crippen LogP contribution in [-0.4, -0.2) is 26.0 Å². The molecule has 0 saturated heterocycles. The van der Waals surface area contributed by atoms with E-state index in [1.165, 1.54) is 0 Å². The van der Waals surface area contributed by atoms with Crippen LogP contribution in [0.1, 0.15) is 38.9 Å². The summed E-state index contributed by atoms with van der Waals surface area (Å²) >= 11 is 0. The first-order valence-electron chi connectivity index (χ1n) is 6.51. The third kappa shape index (κ3) is 5.23. The van der Waals surface area contributed by atoms with Gasteiger partial charge in [-0.25, -0.2) is 8.42 Å². The highest BCUT2D eigenvalue weighted by Gasteiger charge is 2.19. The van der Waals surface area contributed by atoms with E-state index in [-0.39, 0.29) is 5.25 Å². The molecule has 1 atom stereocenters. The normalized spacial score (nSPS) is 13.7. The Morgan fingerprint density at radius 1 is 1.39 bits per heavy atom. The molecule has 104 valence electrons. The summed E-state index contributed by atoms with van der Waals surface area (Å²) in [4.78, 5) is 0. The highest BCUT2D eigenvalue weighted by molar-refractivity contribution is 7.92. The third-order valence-corrected chi connectivity index (χ3v) is 5.21. The number of furan rings is 1. The number of hydrogen-bond acceptors (Lipinski definition) is 4. The molecule has 1 unspecified atom stereocenters. The molecule has 5 heteroatoms. The molecule has 0 bridgehead atoms. The number of sulfone groups is 1. The van der Waals surface area contributed by atoms with Crippen molar-refractivity contribution in [3.8, 4) is 0 Å². The number of hydrogen-bond donors (Lipinski definition) is 1. The maximum Gasteiger partial charge on any atom is 0.154 e. The Balaban J connectivity index is 2.28. The van der Waals surface area contributed by atoms with Crippen LogP contribution in [0.15, 0.2) is 22.8 Å². The molecule has 0 fully saturated rings. The molecule has 0 aliphatic heterocycles. The molecule has 1 N–H and O–H groups in total. The van der Waals surface area contributed by atoms with E-state index in [0.29, 0.717) is 18.8 Å². The minimum Gasteiger partial charge on any atom is -0.468 e. The van der Waals surface area contributed by atoms with Crippen LogP contribution >= 0.6 is 0 Å². The minimum absolute atomic E-state index is 0.296. The van der Waals surface area contributed by atoms with E-state index in [1.807, 2.05) is 12.1 Å². The largest absolute Gasteiger partial charge is 0.468 e. The lowest BCUT2D eigenvalue weighted by Crippen LogP contribution is -2.32. The summed E-state index contributed by atoms with van der Waals surface area (Å²) in [6, 6.07) is 3.69. The fraction of sp³-hybridized carbons (Fsp3) is 0.692. The van der Waals surface area contributed by atoms with E-state index in [2.05, 4.69) is 12.2 Å². The van der Waals surface area contributed by atoms with Crippen LogP contribution in [0.4, 0.5) is 0 Å². The SMILES string of the molecule is CCCCCS(=O)(=O)C(C)CNCc1ccco1. The van der Waals surface area contributed by atoms with E-state index in [1.54, 1.807) is 13.2 Å². The Bertz CT molecular complexity index is 411. The van der Waals surface area contributed by atoms with Crippen molar-refractivity contribution in [2.24, 2.45) is 0 Å². The molecule has 1 heterocycles. The Morgan fingerprint density at radius 2 is 2.17 bits per heavy atom. The van der Waals surface area contributed by atoms with Gasteiger partial charge >= 0.3 is 0 Å². The van der Waals surface area contributed by atoms with E-state index < -0.39 is 9.84 Å². The topological polar surface area (TPSA) is 59.3 Å². The molecule has 4 nitrogen and oxygen atoms in total. The molecular weight excluding hydrogens is 250 g/mol. The predicted molar refractivity (Wildman–Crippen MR) is 73.2 cm³/mol. The number of unbranched alkanes of at least 4 members (excludes halogenated alkanes) is 2. The van der Waals surface area contributed by atoms with E-state index in [9.17, 15) is 8.42 Å².